The van der Waals surface area contributed by atoms with Crippen molar-refractivity contribution < 1.29 is 18.7 Å². The Kier molecular flexibility index (Phi) is 7.83. The third-order valence-electron chi connectivity index (χ3n) is 6.83. The second-order valence-corrected chi connectivity index (χ2v) is 11.0. The Morgan fingerprint density at radius 1 is 1.00 bits per heavy atom. The van der Waals surface area contributed by atoms with Crippen molar-refractivity contribution in [3.63, 3.8) is 0 Å². The van der Waals surface area contributed by atoms with E-state index in [0.29, 0.717) is 40.7 Å². The van der Waals surface area contributed by atoms with Crippen molar-refractivity contribution in [2.24, 2.45) is 5.41 Å². The Labute approximate surface area is 234 Å². The van der Waals surface area contributed by atoms with Gasteiger partial charge in [-0.3, -0.25) is 19.5 Å². The zero-order valence-electron chi connectivity index (χ0n) is 21.6. The smallest absolute Gasteiger partial charge is 0.240 e. The number of aromatic nitrogens is 1. The van der Waals surface area contributed by atoms with Gasteiger partial charge in [0.1, 0.15) is 22.7 Å². The van der Waals surface area contributed by atoms with Gasteiger partial charge in [-0.05, 0) is 74.5 Å². The summed E-state index contributed by atoms with van der Waals surface area (Å²) in [5.74, 6) is -0.141. The summed E-state index contributed by atoms with van der Waals surface area (Å²) in [6.45, 7) is 7.09. The van der Waals surface area contributed by atoms with E-state index in [0.717, 1.165) is 29.9 Å². The van der Waals surface area contributed by atoms with E-state index in [2.05, 4.69) is 40.4 Å². The molecule has 0 aliphatic heterocycles. The zero-order chi connectivity index (χ0) is 27.6. The molecule has 0 bridgehead atoms. The first-order chi connectivity index (χ1) is 18.8. The SMILES string of the molecule is CCN(CC)Cc1cc2nccc(Oc3ccc(NC(=O)C4(C(=O)Nc5ccc(F)cc5)CC4)cc3Cl)c2s1. The number of pyridine rings is 1. The van der Waals surface area contributed by atoms with Crippen molar-refractivity contribution in [1.29, 1.82) is 0 Å². The molecule has 0 radical (unpaired) electrons. The van der Waals surface area contributed by atoms with E-state index in [9.17, 15) is 14.0 Å². The highest BCUT2D eigenvalue weighted by Gasteiger charge is 2.56. The van der Waals surface area contributed by atoms with E-state index in [-0.39, 0.29) is 0 Å². The highest BCUT2D eigenvalue weighted by atomic mass is 35.5. The molecule has 2 heterocycles. The summed E-state index contributed by atoms with van der Waals surface area (Å²) < 4.78 is 20.3. The Balaban J connectivity index is 1.27. The lowest BCUT2D eigenvalue weighted by atomic mass is 10.0. The minimum Gasteiger partial charge on any atom is -0.454 e. The monoisotopic (exact) mass is 566 g/mol. The number of carbonyl (C=O) groups excluding carboxylic acids is 2. The third kappa shape index (κ3) is 5.90. The molecule has 0 atom stereocenters. The van der Waals surface area contributed by atoms with E-state index in [1.807, 2.05) is 6.07 Å². The second kappa shape index (κ2) is 11.3. The third-order valence-corrected chi connectivity index (χ3v) is 8.25. The fourth-order valence-electron chi connectivity index (χ4n) is 4.29. The van der Waals surface area contributed by atoms with Crippen molar-refractivity contribution in [2.45, 2.75) is 33.2 Å². The number of fused-ring (bicyclic) bond motifs is 1. The maximum absolute atomic E-state index is 13.2. The van der Waals surface area contributed by atoms with Gasteiger partial charge in [-0.25, -0.2) is 4.39 Å². The molecule has 1 fully saturated rings. The molecule has 1 aliphatic carbocycles. The largest absolute Gasteiger partial charge is 0.454 e. The van der Waals surface area contributed by atoms with Crippen molar-refractivity contribution in [1.82, 2.24) is 9.88 Å². The van der Waals surface area contributed by atoms with E-state index < -0.39 is 23.0 Å². The Hall–Kier alpha value is -3.53. The molecular formula is C29H28ClFN4O3S. The topological polar surface area (TPSA) is 83.6 Å². The van der Waals surface area contributed by atoms with Gasteiger partial charge in [0.25, 0.3) is 0 Å². The molecule has 39 heavy (non-hydrogen) atoms. The van der Waals surface area contributed by atoms with Crippen molar-refractivity contribution in [2.75, 3.05) is 23.7 Å². The first kappa shape index (κ1) is 27.1. The number of carbonyl (C=O) groups is 2. The molecule has 2 aromatic heterocycles. The number of thiophene rings is 1. The Morgan fingerprint density at radius 2 is 1.67 bits per heavy atom. The van der Waals surface area contributed by atoms with Crippen LogP contribution in [0.4, 0.5) is 15.8 Å². The number of amides is 2. The van der Waals surface area contributed by atoms with E-state index >= 15 is 0 Å². The molecule has 202 valence electrons. The van der Waals surface area contributed by atoms with Crippen LogP contribution in [-0.4, -0.2) is 34.8 Å². The van der Waals surface area contributed by atoms with Crippen LogP contribution >= 0.6 is 22.9 Å². The normalized spacial score (nSPS) is 13.9. The summed E-state index contributed by atoms with van der Waals surface area (Å²) in [5, 5.41) is 5.82. The van der Waals surface area contributed by atoms with Crippen LogP contribution in [0.2, 0.25) is 5.02 Å². The number of ether oxygens (including phenoxy) is 1. The summed E-state index contributed by atoms with van der Waals surface area (Å²) in [6.07, 6.45) is 2.56. The van der Waals surface area contributed by atoms with Crippen LogP contribution in [0.3, 0.4) is 0 Å². The average Bonchev–Trinajstić information content (AvgIpc) is 3.64. The van der Waals surface area contributed by atoms with Gasteiger partial charge < -0.3 is 15.4 Å². The predicted molar refractivity (Wildman–Crippen MR) is 153 cm³/mol. The summed E-state index contributed by atoms with van der Waals surface area (Å²) in [7, 11) is 0. The molecule has 4 aromatic rings. The molecule has 10 heteroatoms. The standard InChI is InChI=1S/C29H28ClFN4O3S/c1-3-35(4-2)17-21-16-23-26(39-21)25(11-14-32-23)38-24-10-9-20(15-22(24)30)34-28(37)29(12-13-29)27(36)33-19-7-5-18(31)6-8-19/h5-11,14-16H,3-4,12-13,17H2,1-2H3,(H,33,36)(H,34,37). The number of rotatable bonds is 10. The van der Waals surface area contributed by atoms with Crippen molar-refractivity contribution in [3.05, 3.63) is 76.5 Å². The van der Waals surface area contributed by atoms with E-state index in [1.165, 1.54) is 29.1 Å². The Morgan fingerprint density at radius 3 is 2.31 bits per heavy atom. The second-order valence-electron chi connectivity index (χ2n) is 9.44. The maximum atomic E-state index is 13.2. The lowest BCUT2D eigenvalue weighted by molar-refractivity contribution is -0.131. The maximum Gasteiger partial charge on any atom is 0.240 e. The van der Waals surface area contributed by atoms with Gasteiger partial charge in [0.05, 0.1) is 15.2 Å². The summed E-state index contributed by atoms with van der Waals surface area (Å²) in [4.78, 5) is 33.9. The van der Waals surface area contributed by atoms with Crippen LogP contribution in [0.5, 0.6) is 11.5 Å². The molecule has 5 rings (SSSR count). The van der Waals surface area contributed by atoms with E-state index in [1.54, 1.807) is 35.7 Å². The van der Waals surface area contributed by atoms with Crippen LogP contribution in [0.1, 0.15) is 31.6 Å². The van der Waals surface area contributed by atoms with Crippen molar-refractivity contribution >= 4 is 56.3 Å². The quantitative estimate of drug-likeness (QED) is 0.200. The molecule has 1 aliphatic rings. The lowest BCUT2D eigenvalue weighted by Crippen LogP contribution is -2.35. The number of nitrogens with one attached hydrogen (secondary N) is 2. The van der Waals surface area contributed by atoms with Gasteiger partial charge in [-0.1, -0.05) is 25.4 Å². The van der Waals surface area contributed by atoms with Gasteiger partial charge in [0.15, 0.2) is 0 Å². The van der Waals surface area contributed by atoms with Crippen LogP contribution in [0.25, 0.3) is 10.2 Å². The molecule has 0 unspecified atom stereocenters. The van der Waals surface area contributed by atoms with Gasteiger partial charge in [-0.2, -0.15) is 0 Å². The summed E-state index contributed by atoms with van der Waals surface area (Å²) in [6, 6.07) is 14.3. The first-order valence-electron chi connectivity index (χ1n) is 12.8. The highest BCUT2D eigenvalue weighted by Crippen LogP contribution is 2.48. The molecule has 2 N–H and O–H groups in total. The number of halogens is 2. The molecule has 7 nitrogen and oxygen atoms in total. The number of hydrogen-bond acceptors (Lipinski definition) is 6. The highest BCUT2D eigenvalue weighted by molar-refractivity contribution is 7.19. The minimum absolute atomic E-state index is 0.318. The molecule has 0 spiro atoms. The molecule has 0 saturated heterocycles. The Bertz CT molecular complexity index is 1520. The van der Waals surface area contributed by atoms with Gasteiger partial charge >= 0.3 is 0 Å². The molecule has 1 saturated carbocycles. The van der Waals surface area contributed by atoms with Crippen LogP contribution in [0.15, 0.2) is 60.8 Å². The fourth-order valence-corrected chi connectivity index (χ4v) is 5.61. The molecule has 2 aromatic carbocycles. The van der Waals surface area contributed by atoms with Gasteiger partial charge in [0.2, 0.25) is 11.8 Å². The lowest BCUT2D eigenvalue weighted by Gasteiger charge is -2.16. The summed E-state index contributed by atoms with van der Waals surface area (Å²) >= 11 is 8.18. The average molecular weight is 567 g/mol. The van der Waals surface area contributed by atoms with Crippen LogP contribution in [-0.2, 0) is 16.1 Å². The van der Waals surface area contributed by atoms with Crippen LogP contribution < -0.4 is 15.4 Å². The van der Waals surface area contributed by atoms with Crippen LogP contribution in [0, 0.1) is 11.2 Å². The number of nitrogens with zero attached hydrogens (tertiary/aromatic N) is 2. The predicted octanol–water partition coefficient (Wildman–Crippen LogP) is 7.08. The zero-order valence-corrected chi connectivity index (χ0v) is 23.2. The van der Waals surface area contributed by atoms with Gasteiger partial charge in [-0.15, -0.1) is 11.3 Å². The number of benzene rings is 2. The fraction of sp³-hybridized carbons (Fsp3) is 0.276. The number of anilines is 2. The van der Waals surface area contributed by atoms with Crippen molar-refractivity contribution in [3.8, 4) is 11.5 Å². The minimum atomic E-state index is -1.17. The number of hydrogen-bond donors (Lipinski definition) is 2. The summed E-state index contributed by atoms with van der Waals surface area (Å²) in [5.41, 5.74) is 0.589. The molecular weight excluding hydrogens is 539 g/mol. The molecule has 2 amide bonds. The van der Waals surface area contributed by atoms with Gasteiger partial charge in [0, 0.05) is 35.1 Å². The van der Waals surface area contributed by atoms with E-state index in [4.69, 9.17) is 16.3 Å². The first-order valence-corrected chi connectivity index (χ1v) is 14.0.